The molecule has 1 atom stereocenters. The number of nitrogens with one attached hydrogen (secondary N) is 3. The van der Waals surface area contributed by atoms with Crippen LogP contribution in [0.5, 0.6) is 0 Å². The van der Waals surface area contributed by atoms with Crippen molar-refractivity contribution in [2.24, 2.45) is 0 Å². The van der Waals surface area contributed by atoms with E-state index < -0.39 is 17.2 Å². The van der Waals surface area contributed by atoms with Crippen LogP contribution in [-0.2, 0) is 4.79 Å². The number of Topliss-reactive ketones (excluding diaryl/α,β-unsaturated/α-hetero) is 1. The molecule has 0 radical (unpaired) electrons. The van der Waals surface area contributed by atoms with Crippen molar-refractivity contribution in [1.29, 1.82) is 0 Å². The highest BCUT2D eigenvalue weighted by atomic mass is 35.5. The van der Waals surface area contributed by atoms with Crippen molar-refractivity contribution >= 4 is 23.2 Å². The molecule has 7 heteroatoms. The van der Waals surface area contributed by atoms with Gasteiger partial charge in [0.1, 0.15) is 5.82 Å². The molecule has 0 bridgehead atoms. The first-order chi connectivity index (χ1) is 11.5. The molecule has 24 heavy (non-hydrogen) atoms. The van der Waals surface area contributed by atoms with Gasteiger partial charge in [-0.2, -0.15) is 0 Å². The second-order valence-electron chi connectivity index (χ2n) is 5.98. The summed E-state index contributed by atoms with van der Waals surface area (Å²) < 4.78 is 0. The molecule has 3 N–H and O–H groups in total. The van der Waals surface area contributed by atoms with Gasteiger partial charge in [-0.3, -0.25) is 19.6 Å². The van der Waals surface area contributed by atoms with Crippen LogP contribution in [0, 0.1) is 0 Å². The first-order valence-corrected chi connectivity index (χ1v) is 8.07. The van der Waals surface area contributed by atoms with Crippen molar-refractivity contribution in [1.82, 2.24) is 9.97 Å². The van der Waals surface area contributed by atoms with Crippen LogP contribution in [0.15, 0.2) is 45.1 Å². The lowest BCUT2D eigenvalue weighted by molar-refractivity contribution is -0.116. The molecule has 6 nitrogen and oxygen atoms in total. The number of carbonyl (C=O) groups excluding carboxylic acids is 1. The van der Waals surface area contributed by atoms with Gasteiger partial charge in [0, 0.05) is 28.6 Å². The van der Waals surface area contributed by atoms with Crippen LogP contribution in [-0.4, -0.2) is 15.8 Å². The number of hydrogen-bond acceptors (Lipinski definition) is 4. The lowest BCUT2D eigenvalue weighted by Crippen LogP contribution is -2.36. The van der Waals surface area contributed by atoms with Gasteiger partial charge < -0.3 is 5.32 Å². The van der Waals surface area contributed by atoms with Crippen LogP contribution in [0.25, 0.3) is 0 Å². The van der Waals surface area contributed by atoms with Gasteiger partial charge in [-0.05, 0) is 30.5 Å². The Morgan fingerprint density at radius 1 is 1.00 bits per heavy atom. The van der Waals surface area contributed by atoms with Crippen LogP contribution in [0.3, 0.4) is 0 Å². The largest absolute Gasteiger partial charge is 0.344 e. The van der Waals surface area contributed by atoms with Crippen molar-refractivity contribution in [2.45, 2.75) is 25.2 Å². The summed E-state index contributed by atoms with van der Waals surface area (Å²) in [5.74, 6) is -0.126. The van der Waals surface area contributed by atoms with E-state index in [-0.39, 0.29) is 5.78 Å². The van der Waals surface area contributed by atoms with E-state index in [9.17, 15) is 14.4 Å². The third kappa shape index (κ3) is 2.30. The molecule has 2 aromatic rings. The van der Waals surface area contributed by atoms with Gasteiger partial charge in [0.05, 0.1) is 5.56 Å². The van der Waals surface area contributed by atoms with Gasteiger partial charge in [0.2, 0.25) is 0 Å². The molecule has 1 unspecified atom stereocenters. The number of benzene rings is 1. The molecule has 0 amide bonds. The number of aromatic nitrogens is 2. The highest BCUT2D eigenvalue weighted by molar-refractivity contribution is 6.30. The lowest BCUT2D eigenvalue weighted by atomic mass is 9.76. The number of carbonyl (C=O) groups is 1. The Labute approximate surface area is 141 Å². The summed E-state index contributed by atoms with van der Waals surface area (Å²) in [5, 5.41) is 3.66. The molecule has 0 spiro atoms. The number of anilines is 1. The average molecular weight is 344 g/mol. The molecule has 1 aromatic heterocycles. The number of halogens is 1. The topological polar surface area (TPSA) is 94.8 Å². The molecular formula is C17H14ClN3O3. The molecule has 122 valence electrons. The highest BCUT2D eigenvalue weighted by Crippen LogP contribution is 2.42. The first kappa shape index (κ1) is 15.0. The Morgan fingerprint density at radius 3 is 2.50 bits per heavy atom. The molecule has 4 rings (SSSR count). The molecule has 0 saturated heterocycles. The van der Waals surface area contributed by atoms with E-state index in [1.54, 1.807) is 24.3 Å². The van der Waals surface area contributed by atoms with E-state index in [4.69, 9.17) is 11.6 Å². The smallest absolute Gasteiger partial charge is 0.327 e. The van der Waals surface area contributed by atoms with E-state index in [0.29, 0.717) is 34.8 Å². The van der Waals surface area contributed by atoms with Gasteiger partial charge >= 0.3 is 5.69 Å². The zero-order valence-corrected chi connectivity index (χ0v) is 13.4. The van der Waals surface area contributed by atoms with Crippen LogP contribution in [0.4, 0.5) is 5.82 Å². The highest BCUT2D eigenvalue weighted by Gasteiger charge is 2.37. The summed E-state index contributed by atoms with van der Waals surface area (Å²) in [6, 6.07) is 7.07. The fourth-order valence-corrected chi connectivity index (χ4v) is 3.61. The predicted molar refractivity (Wildman–Crippen MR) is 90.5 cm³/mol. The molecule has 1 aromatic carbocycles. The summed E-state index contributed by atoms with van der Waals surface area (Å²) in [5.41, 5.74) is 1.46. The SMILES string of the molecule is O=C1CCCC2=C1C(c1ccc(Cl)cc1)c1c([nH]c(=O)[nH]c1=O)N2. The van der Waals surface area contributed by atoms with Crippen molar-refractivity contribution in [3.63, 3.8) is 0 Å². The minimum absolute atomic E-state index is 0.0277. The van der Waals surface area contributed by atoms with Crippen LogP contribution in [0.2, 0.25) is 5.02 Å². The van der Waals surface area contributed by atoms with Gasteiger partial charge in [0.25, 0.3) is 5.56 Å². The quantitative estimate of drug-likeness (QED) is 0.740. The lowest BCUT2D eigenvalue weighted by Gasteiger charge is -2.32. The third-order valence-corrected chi connectivity index (χ3v) is 4.74. The number of H-pyrrole nitrogens is 2. The van der Waals surface area contributed by atoms with E-state index >= 15 is 0 Å². The van der Waals surface area contributed by atoms with Crippen LogP contribution < -0.4 is 16.6 Å². The molecule has 1 aliphatic carbocycles. The molecule has 2 aliphatic rings. The van der Waals surface area contributed by atoms with E-state index in [1.165, 1.54) is 0 Å². The molecule has 2 heterocycles. The number of rotatable bonds is 1. The fourth-order valence-electron chi connectivity index (χ4n) is 3.48. The predicted octanol–water partition coefficient (Wildman–Crippen LogP) is 2.28. The zero-order valence-electron chi connectivity index (χ0n) is 12.6. The van der Waals surface area contributed by atoms with Gasteiger partial charge in [0.15, 0.2) is 5.78 Å². The fraction of sp³-hybridized carbons (Fsp3) is 0.235. The van der Waals surface area contributed by atoms with Gasteiger partial charge in [-0.25, -0.2) is 4.79 Å². The number of aromatic amines is 2. The maximum absolute atomic E-state index is 12.6. The molecule has 0 saturated carbocycles. The molecule has 0 fully saturated rings. The summed E-state index contributed by atoms with van der Waals surface area (Å²) in [7, 11) is 0. The number of ketones is 1. The Balaban J connectivity index is 2.01. The number of allylic oxidation sites excluding steroid dienone is 2. The van der Waals surface area contributed by atoms with E-state index in [1.807, 2.05) is 0 Å². The Hall–Kier alpha value is -2.60. The second kappa shape index (κ2) is 5.49. The second-order valence-corrected chi connectivity index (χ2v) is 6.41. The summed E-state index contributed by atoms with van der Waals surface area (Å²) in [6.45, 7) is 0. The Kier molecular flexibility index (Phi) is 3.42. The van der Waals surface area contributed by atoms with Crippen LogP contribution >= 0.6 is 11.6 Å². The Morgan fingerprint density at radius 2 is 1.75 bits per heavy atom. The summed E-state index contributed by atoms with van der Waals surface area (Å²) >= 11 is 5.96. The third-order valence-electron chi connectivity index (χ3n) is 4.49. The van der Waals surface area contributed by atoms with Crippen molar-refractivity contribution < 1.29 is 4.79 Å². The van der Waals surface area contributed by atoms with Gasteiger partial charge in [-0.15, -0.1) is 0 Å². The first-order valence-electron chi connectivity index (χ1n) is 7.70. The normalized spacial score (nSPS) is 19.5. The maximum Gasteiger partial charge on any atom is 0.327 e. The maximum atomic E-state index is 12.6. The van der Waals surface area contributed by atoms with Crippen molar-refractivity contribution in [3.05, 3.63) is 72.5 Å². The number of hydrogen-bond donors (Lipinski definition) is 3. The minimum Gasteiger partial charge on any atom is -0.344 e. The number of fused-ring (bicyclic) bond motifs is 1. The molecular weight excluding hydrogens is 330 g/mol. The van der Waals surface area contributed by atoms with Crippen molar-refractivity contribution in [2.75, 3.05) is 5.32 Å². The summed E-state index contributed by atoms with van der Waals surface area (Å²) in [4.78, 5) is 41.5. The Bertz CT molecular complexity index is 985. The average Bonchev–Trinajstić information content (AvgIpc) is 2.54. The summed E-state index contributed by atoms with van der Waals surface area (Å²) in [6.07, 6.45) is 1.92. The van der Waals surface area contributed by atoms with Gasteiger partial charge in [-0.1, -0.05) is 23.7 Å². The monoisotopic (exact) mass is 343 g/mol. The van der Waals surface area contributed by atoms with Crippen molar-refractivity contribution in [3.8, 4) is 0 Å². The van der Waals surface area contributed by atoms with Crippen LogP contribution in [0.1, 0.15) is 36.3 Å². The minimum atomic E-state index is -0.577. The van der Waals surface area contributed by atoms with E-state index in [0.717, 1.165) is 17.7 Å². The standard InChI is InChI=1S/C17H14ClN3O3/c18-9-6-4-8(5-7-9)12-13-10(2-1-3-11(13)22)19-15-14(12)16(23)21-17(24)20-15/h4-7,12H,1-3H2,(H3,19,20,21,23,24). The molecule has 1 aliphatic heterocycles. The zero-order chi connectivity index (χ0) is 16.8. The van der Waals surface area contributed by atoms with E-state index in [2.05, 4.69) is 15.3 Å².